The van der Waals surface area contributed by atoms with E-state index in [9.17, 15) is 0 Å². The molecule has 1 fully saturated rings. The fourth-order valence-corrected chi connectivity index (χ4v) is 5.37. The zero-order valence-corrected chi connectivity index (χ0v) is 19.2. The second kappa shape index (κ2) is 7.25. The molecule has 3 atom stereocenters. The molecule has 4 rings (SSSR count). The summed E-state index contributed by atoms with van der Waals surface area (Å²) in [5.41, 5.74) is 8.76. The van der Waals surface area contributed by atoms with E-state index in [0.29, 0.717) is 13.2 Å². The lowest BCUT2D eigenvalue weighted by Crippen LogP contribution is -2.48. The number of hydrogen-bond acceptors (Lipinski definition) is 7. The third kappa shape index (κ3) is 3.68. The number of thiazole rings is 1. The number of nitrogens with two attached hydrogens (primary N) is 1. The van der Waals surface area contributed by atoms with Crippen LogP contribution in [0.5, 0.6) is 5.75 Å². The Morgan fingerprint density at radius 3 is 2.89 bits per heavy atom. The van der Waals surface area contributed by atoms with Crippen LogP contribution in [0, 0.1) is 0 Å². The number of nitrogens with zero attached hydrogens (tertiary/aromatic N) is 1. The number of fused-ring (bicyclic) bond motifs is 3. The average molecular weight is 422 g/mol. The highest BCUT2D eigenvalue weighted by Gasteiger charge is 2.41. The van der Waals surface area contributed by atoms with Crippen molar-refractivity contribution < 1.29 is 13.9 Å². The number of nitrogens with one attached hydrogen (secondary N) is 1. The summed E-state index contributed by atoms with van der Waals surface area (Å²) in [4.78, 5) is 4.82. The van der Waals surface area contributed by atoms with Crippen LogP contribution in [-0.4, -0.2) is 51.3 Å². The molecule has 2 aromatic rings. The van der Waals surface area contributed by atoms with Gasteiger partial charge in [-0.3, -0.25) is 0 Å². The fourth-order valence-electron chi connectivity index (χ4n) is 3.40. The van der Waals surface area contributed by atoms with Crippen molar-refractivity contribution in [1.82, 2.24) is 4.98 Å². The Labute approximate surface area is 171 Å². The monoisotopic (exact) mass is 421 g/mol. The summed E-state index contributed by atoms with van der Waals surface area (Å²) in [6.07, 6.45) is 0.841. The summed E-state index contributed by atoms with van der Waals surface area (Å²) in [7, 11) is -1.81. The number of rotatable bonds is 5. The number of ether oxygens (including phenoxy) is 2. The maximum absolute atomic E-state index is 6.50. The van der Waals surface area contributed by atoms with E-state index in [1.54, 1.807) is 11.3 Å². The molecule has 2 aliphatic rings. The van der Waals surface area contributed by atoms with Crippen molar-refractivity contribution in [2.75, 3.05) is 25.1 Å². The average Bonchev–Trinajstić information content (AvgIpc) is 3.31. The summed E-state index contributed by atoms with van der Waals surface area (Å²) in [6, 6.07) is 4.05. The molecule has 0 spiro atoms. The van der Waals surface area contributed by atoms with Crippen molar-refractivity contribution in [1.29, 1.82) is 0 Å². The third-order valence-corrected chi connectivity index (χ3v) is 11.8. The first-order valence-electron chi connectivity index (χ1n) is 9.98. The molecule has 28 heavy (non-hydrogen) atoms. The molecule has 3 N–H and O–H groups in total. The standard InChI is InChI=1S/C20H31N3O3SSi/c1-20(2,3)28(4,5)26-11-15-17(21)13(10-25-15)22-19-23-18-12-8-9-24-14(12)6-7-16(18)27-19/h6-7,13,15,17H,8-11,21H2,1-5H3,(H,22,23)/t13-,15-,17-/m1/s1. The van der Waals surface area contributed by atoms with Crippen molar-refractivity contribution >= 4 is 35.0 Å². The van der Waals surface area contributed by atoms with E-state index < -0.39 is 8.32 Å². The summed E-state index contributed by atoms with van der Waals surface area (Å²) in [5.74, 6) is 0.966. The van der Waals surface area contributed by atoms with Crippen LogP contribution in [0.4, 0.5) is 5.13 Å². The van der Waals surface area contributed by atoms with Gasteiger partial charge >= 0.3 is 0 Å². The minimum absolute atomic E-state index is 0.0397. The molecule has 0 radical (unpaired) electrons. The zero-order valence-electron chi connectivity index (χ0n) is 17.4. The SMILES string of the molecule is CC(C)(C)[Si](C)(C)OC[C@H]1OC[C@@H](Nc2nc3c4c(ccc3s2)OCC4)[C@H]1N. The van der Waals surface area contributed by atoms with Gasteiger partial charge < -0.3 is 25.0 Å². The van der Waals surface area contributed by atoms with Crippen molar-refractivity contribution in [2.45, 2.75) is 63.5 Å². The van der Waals surface area contributed by atoms with Gasteiger partial charge in [0.1, 0.15) is 5.75 Å². The largest absolute Gasteiger partial charge is 0.493 e. The van der Waals surface area contributed by atoms with E-state index in [1.165, 1.54) is 10.3 Å². The molecule has 0 saturated carbocycles. The fraction of sp³-hybridized carbons (Fsp3) is 0.650. The minimum atomic E-state index is -1.81. The molecule has 0 aliphatic carbocycles. The van der Waals surface area contributed by atoms with Crippen LogP contribution < -0.4 is 15.8 Å². The first-order valence-corrected chi connectivity index (χ1v) is 13.7. The number of benzene rings is 1. The molecular weight excluding hydrogens is 390 g/mol. The third-order valence-electron chi connectivity index (χ3n) is 6.34. The molecule has 1 saturated heterocycles. The molecule has 0 unspecified atom stereocenters. The molecule has 6 nitrogen and oxygen atoms in total. The first-order chi connectivity index (χ1) is 13.2. The van der Waals surface area contributed by atoms with Gasteiger partial charge in [0.25, 0.3) is 0 Å². The minimum Gasteiger partial charge on any atom is -0.493 e. The Morgan fingerprint density at radius 2 is 2.14 bits per heavy atom. The lowest BCUT2D eigenvalue weighted by atomic mass is 10.1. The summed E-state index contributed by atoms with van der Waals surface area (Å²) < 4.78 is 19.1. The predicted octanol–water partition coefficient (Wildman–Crippen LogP) is 3.76. The number of aromatic nitrogens is 1. The molecule has 3 heterocycles. The van der Waals surface area contributed by atoms with E-state index in [1.807, 2.05) is 6.07 Å². The van der Waals surface area contributed by atoms with E-state index in [-0.39, 0.29) is 23.2 Å². The van der Waals surface area contributed by atoms with Crippen molar-refractivity contribution in [2.24, 2.45) is 5.73 Å². The van der Waals surface area contributed by atoms with E-state index in [2.05, 4.69) is 45.2 Å². The van der Waals surface area contributed by atoms with Gasteiger partial charge in [0, 0.05) is 12.0 Å². The van der Waals surface area contributed by atoms with Gasteiger partial charge in [-0.15, -0.1) is 0 Å². The maximum Gasteiger partial charge on any atom is 0.192 e. The number of anilines is 1. The Bertz CT molecular complexity index is 864. The van der Waals surface area contributed by atoms with Crippen LogP contribution in [0.15, 0.2) is 12.1 Å². The molecule has 8 heteroatoms. The molecule has 2 aliphatic heterocycles. The van der Waals surface area contributed by atoms with Gasteiger partial charge in [0.15, 0.2) is 13.4 Å². The predicted molar refractivity (Wildman–Crippen MR) is 117 cm³/mol. The Hall–Kier alpha value is -1.19. The summed E-state index contributed by atoms with van der Waals surface area (Å²) in [5, 5.41) is 4.57. The highest BCUT2D eigenvalue weighted by molar-refractivity contribution is 7.22. The van der Waals surface area contributed by atoms with Crippen LogP contribution in [0.2, 0.25) is 18.1 Å². The molecule has 154 valence electrons. The zero-order chi connectivity index (χ0) is 20.1. The number of hydrogen-bond donors (Lipinski definition) is 2. The topological polar surface area (TPSA) is 78.6 Å². The second-order valence-corrected chi connectivity index (χ2v) is 15.1. The smallest absolute Gasteiger partial charge is 0.192 e. The van der Waals surface area contributed by atoms with E-state index >= 15 is 0 Å². The molecule has 0 bridgehead atoms. The van der Waals surface area contributed by atoms with E-state index in [4.69, 9.17) is 24.6 Å². The lowest BCUT2D eigenvalue weighted by Gasteiger charge is -2.37. The van der Waals surface area contributed by atoms with Gasteiger partial charge in [0.05, 0.1) is 48.2 Å². The van der Waals surface area contributed by atoms with Gasteiger partial charge in [-0.2, -0.15) is 0 Å². The lowest BCUT2D eigenvalue weighted by molar-refractivity contribution is 0.0565. The molecule has 1 aromatic heterocycles. The van der Waals surface area contributed by atoms with Gasteiger partial charge in [-0.05, 0) is 30.3 Å². The van der Waals surface area contributed by atoms with Crippen molar-refractivity contribution in [3.63, 3.8) is 0 Å². The molecule has 1 aromatic carbocycles. The maximum atomic E-state index is 6.50. The first kappa shape index (κ1) is 20.1. The van der Waals surface area contributed by atoms with Crippen molar-refractivity contribution in [3.8, 4) is 5.75 Å². The highest BCUT2D eigenvalue weighted by atomic mass is 32.1. The van der Waals surface area contributed by atoms with E-state index in [0.717, 1.165) is 29.4 Å². The van der Waals surface area contributed by atoms with Crippen LogP contribution >= 0.6 is 11.3 Å². The van der Waals surface area contributed by atoms with Gasteiger partial charge in [-0.1, -0.05) is 32.1 Å². The second-order valence-electron chi connectivity index (χ2n) is 9.28. The van der Waals surface area contributed by atoms with Crippen LogP contribution in [0.3, 0.4) is 0 Å². The summed E-state index contributed by atoms with van der Waals surface area (Å²) >= 11 is 1.66. The summed E-state index contributed by atoms with van der Waals surface area (Å²) in [6.45, 7) is 13.1. The highest BCUT2D eigenvalue weighted by Crippen LogP contribution is 2.38. The Kier molecular flexibility index (Phi) is 5.20. The Morgan fingerprint density at radius 1 is 1.36 bits per heavy atom. The van der Waals surface area contributed by atoms with Gasteiger partial charge in [0.2, 0.25) is 0 Å². The Balaban J connectivity index is 1.41. The van der Waals surface area contributed by atoms with Crippen LogP contribution in [0.1, 0.15) is 26.3 Å². The van der Waals surface area contributed by atoms with Crippen LogP contribution in [0.25, 0.3) is 10.2 Å². The van der Waals surface area contributed by atoms with Gasteiger partial charge in [-0.25, -0.2) is 4.98 Å². The van der Waals surface area contributed by atoms with Crippen LogP contribution in [-0.2, 0) is 15.6 Å². The quantitative estimate of drug-likeness (QED) is 0.716. The van der Waals surface area contributed by atoms with Crippen molar-refractivity contribution in [3.05, 3.63) is 17.7 Å². The normalized spacial score (nSPS) is 25.1. The molecular formula is C20H31N3O3SSi. The molecule has 0 amide bonds.